The fraction of sp³-hybridized carbons (Fsp3) is 0.545. The number of carbonyl (C=O) groups excluding carboxylic acids is 1. The van der Waals surface area contributed by atoms with Crippen LogP contribution in [0.1, 0.15) is 32.1 Å². The van der Waals surface area contributed by atoms with E-state index in [1.807, 2.05) is 0 Å². The molecule has 1 fully saturated rings. The highest BCUT2D eigenvalue weighted by Gasteiger charge is 2.18. The Morgan fingerprint density at radius 3 is 2.75 bits per heavy atom. The van der Waals surface area contributed by atoms with Crippen molar-refractivity contribution in [1.82, 2.24) is 9.97 Å². The SMILES string of the molecule is O=C(CC1CCCC1)Nc1cnc(Cl)cn1. The summed E-state index contributed by atoms with van der Waals surface area (Å²) < 4.78 is 0. The average Bonchev–Trinajstić information content (AvgIpc) is 2.74. The second-order valence-electron chi connectivity index (χ2n) is 4.13. The highest BCUT2D eigenvalue weighted by Crippen LogP contribution is 2.27. The van der Waals surface area contributed by atoms with E-state index in [1.165, 1.54) is 38.1 Å². The summed E-state index contributed by atoms with van der Waals surface area (Å²) in [5.74, 6) is 1.02. The first-order chi connectivity index (χ1) is 7.74. The molecule has 0 aliphatic heterocycles. The van der Waals surface area contributed by atoms with Crippen LogP contribution in [0.3, 0.4) is 0 Å². The van der Waals surface area contributed by atoms with E-state index in [9.17, 15) is 4.79 Å². The normalized spacial score (nSPS) is 16.3. The zero-order chi connectivity index (χ0) is 11.4. The maximum Gasteiger partial charge on any atom is 0.225 e. The molecule has 1 aromatic heterocycles. The first kappa shape index (κ1) is 11.3. The molecule has 0 aromatic carbocycles. The van der Waals surface area contributed by atoms with Gasteiger partial charge >= 0.3 is 0 Å². The topological polar surface area (TPSA) is 54.9 Å². The van der Waals surface area contributed by atoms with Crippen LogP contribution in [0.2, 0.25) is 5.15 Å². The molecule has 16 heavy (non-hydrogen) atoms. The van der Waals surface area contributed by atoms with Gasteiger partial charge in [0, 0.05) is 6.42 Å². The van der Waals surface area contributed by atoms with Gasteiger partial charge in [0.25, 0.3) is 0 Å². The number of amides is 1. The minimum Gasteiger partial charge on any atom is -0.309 e. The van der Waals surface area contributed by atoms with E-state index >= 15 is 0 Å². The van der Waals surface area contributed by atoms with Gasteiger partial charge in [-0.3, -0.25) is 4.79 Å². The van der Waals surface area contributed by atoms with Crippen molar-refractivity contribution < 1.29 is 4.79 Å². The van der Waals surface area contributed by atoms with Crippen LogP contribution in [0.4, 0.5) is 5.82 Å². The number of rotatable bonds is 3. The van der Waals surface area contributed by atoms with Crippen molar-refractivity contribution in [1.29, 1.82) is 0 Å². The van der Waals surface area contributed by atoms with Crippen LogP contribution in [0.15, 0.2) is 12.4 Å². The number of nitrogens with zero attached hydrogens (tertiary/aromatic N) is 2. The Balaban J connectivity index is 1.84. The third-order valence-corrected chi connectivity index (χ3v) is 3.03. The van der Waals surface area contributed by atoms with Gasteiger partial charge in [-0.1, -0.05) is 24.4 Å². The Morgan fingerprint density at radius 1 is 1.38 bits per heavy atom. The maximum absolute atomic E-state index is 11.6. The molecule has 86 valence electrons. The number of halogens is 1. The summed E-state index contributed by atoms with van der Waals surface area (Å²) in [6, 6.07) is 0. The van der Waals surface area contributed by atoms with Crippen LogP contribution in [0.25, 0.3) is 0 Å². The first-order valence-electron chi connectivity index (χ1n) is 5.51. The lowest BCUT2D eigenvalue weighted by molar-refractivity contribution is -0.117. The van der Waals surface area contributed by atoms with Crippen molar-refractivity contribution in [3.8, 4) is 0 Å². The van der Waals surface area contributed by atoms with Crippen LogP contribution in [-0.2, 0) is 4.79 Å². The molecule has 5 heteroatoms. The molecule has 0 bridgehead atoms. The number of hydrogen-bond donors (Lipinski definition) is 1. The molecule has 2 rings (SSSR count). The second kappa shape index (κ2) is 5.25. The first-order valence-corrected chi connectivity index (χ1v) is 5.89. The van der Waals surface area contributed by atoms with Crippen LogP contribution in [0.5, 0.6) is 0 Å². The lowest BCUT2D eigenvalue weighted by Gasteiger charge is -2.08. The van der Waals surface area contributed by atoms with Crippen molar-refractivity contribution in [3.63, 3.8) is 0 Å². The van der Waals surface area contributed by atoms with Crippen molar-refractivity contribution in [2.75, 3.05) is 5.32 Å². The van der Waals surface area contributed by atoms with Gasteiger partial charge in [0.1, 0.15) is 5.15 Å². The smallest absolute Gasteiger partial charge is 0.225 e. The Labute approximate surface area is 99.4 Å². The van der Waals surface area contributed by atoms with Crippen molar-refractivity contribution in [3.05, 3.63) is 17.5 Å². The molecular weight excluding hydrogens is 226 g/mol. The van der Waals surface area contributed by atoms with Gasteiger partial charge in [0.2, 0.25) is 5.91 Å². The van der Waals surface area contributed by atoms with Crippen LogP contribution in [0, 0.1) is 5.92 Å². The zero-order valence-corrected chi connectivity index (χ0v) is 9.70. The highest BCUT2D eigenvalue weighted by atomic mass is 35.5. The third kappa shape index (κ3) is 3.17. The van der Waals surface area contributed by atoms with Gasteiger partial charge in [-0.2, -0.15) is 0 Å². The predicted molar refractivity (Wildman–Crippen MR) is 62.2 cm³/mol. The predicted octanol–water partition coefficient (Wildman–Crippen LogP) is 2.65. The van der Waals surface area contributed by atoms with Gasteiger partial charge < -0.3 is 5.32 Å². The Kier molecular flexibility index (Phi) is 3.72. The molecule has 0 unspecified atom stereocenters. The van der Waals surface area contributed by atoms with E-state index in [1.54, 1.807) is 0 Å². The summed E-state index contributed by atoms with van der Waals surface area (Å²) in [7, 11) is 0. The van der Waals surface area contributed by atoms with E-state index < -0.39 is 0 Å². The van der Waals surface area contributed by atoms with E-state index in [4.69, 9.17) is 11.6 Å². The van der Waals surface area contributed by atoms with Crippen LogP contribution < -0.4 is 5.32 Å². The molecule has 1 aliphatic carbocycles. The molecule has 1 saturated carbocycles. The number of hydrogen-bond acceptors (Lipinski definition) is 3. The average molecular weight is 240 g/mol. The molecule has 1 aliphatic rings. The molecule has 0 atom stereocenters. The van der Waals surface area contributed by atoms with Gasteiger partial charge in [0.05, 0.1) is 12.4 Å². The Bertz CT molecular complexity index is 360. The minimum absolute atomic E-state index is 0.0172. The fourth-order valence-corrected chi connectivity index (χ4v) is 2.14. The van der Waals surface area contributed by atoms with Gasteiger partial charge in [-0.25, -0.2) is 9.97 Å². The second-order valence-corrected chi connectivity index (χ2v) is 4.51. The monoisotopic (exact) mass is 239 g/mol. The van der Waals surface area contributed by atoms with Gasteiger partial charge in [0.15, 0.2) is 5.82 Å². The quantitative estimate of drug-likeness (QED) is 0.882. The van der Waals surface area contributed by atoms with E-state index in [2.05, 4.69) is 15.3 Å². The molecule has 1 N–H and O–H groups in total. The Morgan fingerprint density at radius 2 is 2.12 bits per heavy atom. The molecule has 4 nitrogen and oxygen atoms in total. The molecule has 0 spiro atoms. The largest absolute Gasteiger partial charge is 0.309 e. The summed E-state index contributed by atoms with van der Waals surface area (Å²) in [4.78, 5) is 19.5. The van der Waals surface area contributed by atoms with Crippen molar-refractivity contribution in [2.24, 2.45) is 5.92 Å². The molecule has 1 heterocycles. The number of anilines is 1. The van der Waals surface area contributed by atoms with Gasteiger partial charge in [-0.05, 0) is 18.8 Å². The zero-order valence-electron chi connectivity index (χ0n) is 8.95. The van der Waals surface area contributed by atoms with Crippen molar-refractivity contribution in [2.45, 2.75) is 32.1 Å². The lowest BCUT2D eigenvalue weighted by Crippen LogP contribution is -2.16. The minimum atomic E-state index is 0.0172. The number of carbonyl (C=O) groups is 1. The van der Waals surface area contributed by atoms with Crippen LogP contribution >= 0.6 is 11.6 Å². The maximum atomic E-state index is 11.6. The van der Waals surface area contributed by atoms with E-state index in [0.717, 1.165) is 0 Å². The summed E-state index contributed by atoms with van der Waals surface area (Å²) >= 11 is 5.60. The van der Waals surface area contributed by atoms with Crippen LogP contribution in [-0.4, -0.2) is 15.9 Å². The summed E-state index contributed by atoms with van der Waals surface area (Å²) in [6.45, 7) is 0. The van der Waals surface area contributed by atoms with E-state index in [-0.39, 0.29) is 5.91 Å². The standard InChI is InChI=1S/C11H14ClN3O/c12-9-6-14-10(7-13-9)15-11(16)5-8-3-1-2-4-8/h6-8H,1-5H2,(H,14,15,16). The molecule has 0 saturated heterocycles. The van der Waals surface area contributed by atoms with Crippen molar-refractivity contribution >= 4 is 23.3 Å². The molecule has 0 radical (unpaired) electrons. The molecule has 1 aromatic rings. The molecular formula is C11H14ClN3O. The summed E-state index contributed by atoms with van der Waals surface area (Å²) in [6.07, 6.45) is 8.31. The number of aromatic nitrogens is 2. The Hall–Kier alpha value is -1.16. The number of nitrogens with one attached hydrogen (secondary N) is 1. The fourth-order valence-electron chi connectivity index (χ4n) is 2.05. The van der Waals surface area contributed by atoms with E-state index in [0.29, 0.717) is 23.3 Å². The highest BCUT2D eigenvalue weighted by molar-refractivity contribution is 6.29. The summed E-state index contributed by atoms with van der Waals surface area (Å²) in [5, 5.41) is 3.05. The molecule has 1 amide bonds. The lowest BCUT2D eigenvalue weighted by atomic mass is 10.0. The summed E-state index contributed by atoms with van der Waals surface area (Å²) in [5.41, 5.74) is 0. The third-order valence-electron chi connectivity index (χ3n) is 2.84. The van der Waals surface area contributed by atoms with Gasteiger partial charge in [-0.15, -0.1) is 0 Å².